The van der Waals surface area contributed by atoms with Crippen molar-refractivity contribution in [2.24, 2.45) is 5.92 Å². The van der Waals surface area contributed by atoms with Gasteiger partial charge in [0.15, 0.2) is 5.76 Å². The van der Waals surface area contributed by atoms with Gasteiger partial charge in [-0.3, -0.25) is 19.7 Å². The monoisotopic (exact) mass is 337 g/mol. The first-order chi connectivity index (χ1) is 10.9. The first kappa shape index (κ1) is 15.1. The zero-order chi connectivity index (χ0) is 16.6. The Labute approximate surface area is 133 Å². The van der Waals surface area contributed by atoms with E-state index in [0.717, 1.165) is 11.1 Å². The molecule has 10 nitrogen and oxygen atoms in total. The number of hydrogen-bond acceptors (Lipinski definition) is 8. The standard InChI is InChI=1S/C12H11N5O5S/c1-6-14-15-12(23-6)13-10(18)7-4-16(5-7)11(19)8-2-3-9(22-8)17(20)21/h2-3,7H,4-5H2,1H3,(H,13,15,18). The smallest absolute Gasteiger partial charge is 0.395 e. The van der Waals surface area contributed by atoms with Gasteiger partial charge in [0.2, 0.25) is 11.0 Å². The van der Waals surface area contributed by atoms with E-state index < -0.39 is 16.7 Å². The molecule has 1 saturated heterocycles. The lowest BCUT2D eigenvalue weighted by Crippen LogP contribution is -2.54. The molecule has 3 heterocycles. The highest BCUT2D eigenvalue weighted by molar-refractivity contribution is 7.15. The topological polar surface area (TPSA) is 131 Å². The number of amides is 2. The second kappa shape index (κ2) is 5.76. The first-order valence-corrected chi connectivity index (χ1v) is 7.40. The molecule has 0 bridgehead atoms. The zero-order valence-corrected chi connectivity index (χ0v) is 12.7. The lowest BCUT2D eigenvalue weighted by Gasteiger charge is -2.37. The molecule has 11 heteroatoms. The van der Waals surface area contributed by atoms with Crippen molar-refractivity contribution in [3.8, 4) is 0 Å². The molecule has 0 atom stereocenters. The number of nitrogens with zero attached hydrogens (tertiary/aromatic N) is 4. The van der Waals surface area contributed by atoms with Gasteiger partial charge in [-0.1, -0.05) is 11.3 Å². The number of anilines is 1. The van der Waals surface area contributed by atoms with Crippen LogP contribution in [-0.2, 0) is 4.79 Å². The molecule has 2 amide bonds. The highest BCUT2D eigenvalue weighted by Gasteiger charge is 2.37. The number of aromatic nitrogens is 2. The van der Waals surface area contributed by atoms with Gasteiger partial charge in [-0.15, -0.1) is 10.2 Å². The van der Waals surface area contributed by atoms with Gasteiger partial charge in [-0.25, -0.2) is 0 Å². The van der Waals surface area contributed by atoms with Gasteiger partial charge in [0, 0.05) is 13.1 Å². The Morgan fingerprint density at radius 1 is 1.43 bits per heavy atom. The third-order valence-electron chi connectivity index (χ3n) is 3.28. The Morgan fingerprint density at radius 3 is 2.74 bits per heavy atom. The Balaban J connectivity index is 1.54. The second-order valence-corrected chi connectivity index (χ2v) is 6.10. The average Bonchev–Trinajstić information content (AvgIpc) is 3.06. The van der Waals surface area contributed by atoms with Crippen LogP contribution in [0.5, 0.6) is 0 Å². The molecule has 0 aliphatic carbocycles. The molecule has 1 fully saturated rings. The van der Waals surface area contributed by atoms with E-state index in [9.17, 15) is 19.7 Å². The van der Waals surface area contributed by atoms with Gasteiger partial charge in [0.25, 0.3) is 5.91 Å². The predicted molar refractivity (Wildman–Crippen MR) is 78.0 cm³/mol. The molecule has 1 aliphatic rings. The summed E-state index contributed by atoms with van der Waals surface area (Å²) in [6.45, 7) is 2.22. The maximum absolute atomic E-state index is 12.1. The van der Waals surface area contributed by atoms with Crippen molar-refractivity contribution in [1.29, 1.82) is 0 Å². The zero-order valence-electron chi connectivity index (χ0n) is 11.9. The molecule has 1 N–H and O–H groups in total. The van der Waals surface area contributed by atoms with Crippen LogP contribution < -0.4 is 5.32 Å². The highest BCUT2D eigenvalue weighted by atomic mass is 32.1. The summed E-state index contributed by atoms with van der Waals surface area (Å²) in [4.78, 5) is 35.2. The average molecular weight is 337 g/mol. The van der Waals surface area contributed by atoms with Crippen LogP contribution in [0.2, 0.25) is 0 Å². The number of aryl methyl sites for hydroxylation is 1. The number of nitro groups is 1. The number of furan rings is 1. The van der Waals surface area contributed by atoms with E-state index in [0.29, 0.717) is 5.13 Å². The van der Waals surface area contributed by atoms with Gasteiger partial charge < -0.3 is 14.6 Å². The maximum atomic E-state index is 12.1. The lowest BCUT2D eigenvalue weighted by atomic mass is 9.99. The highest BCUT2D eigenvalue weighted by Crippen LogP contribution is 2.24. The molecule has 0 radical (unpaired) electrons. The van der Waals surface area contributed by atoms with Crippen LogP contribution in [0.25, 0.3) is 0 Å². The fourth-order valence-electron chi connectivity index (χ4n) is 2.06. The molecule has 2 aromatic heterocycles. The quantitative estimate of drug-likeness (QED) is 0.651. The third kappa shape index (κ3) is 3.04. The van der Waals surface area contributed by atoms with Gasteiger partial charge in [0.05, 0.1) is 12.0 Å². The van der Waals surface area contributed by atoms with Gasteiger partial charge in [-0.05, 0) is 13.0 Å². The van der Waals surface area contributed by atoms with Crippen LogP contribution in [0, 0.1) is 23.0 Å². The minimum absolute atomic E-state index is 0.115. The molecule has 23 heavy (non-hydrogen) atoms. The third-order valence-corrected chi connectivity index (χ3v) is 4.03. The van der Waals surface area contributed by atoms with E-state index in [1.165, 1.54) is 22.3 Å². The van der Waals surface area contributed by atoms with E-state index in [1.807, 2.05) is 0 Å². The molecule has 1 aliphatic heterocycles. The summed E-state index contributed by atoms with van der Waals surface area (Å²) in [5.41, 5.74) is 0. The summed E-state index contributed by atoms with van der Waals surface area (Å²) in [7, 11) is 0. The van der Waals surface area contributed by atoms with Crippen molar-refractivity contribution in [2.45, 2.75) is 6.92 Å². The van der Waals surface area contributed by atoms with Crippen molar-refractivity contribution in [1.82, 2.24) is 15.1 Å². The number of carbonyl (C=O) groups excluding carboxylic acids is 2. The summed E-state index contributed by atoms with van der Waals surface area (Å²) in [5.74, 6) is -1.68. The number of likely N-dealkylation sites (tertiary alicyclic amines) is 1. The van der Waals surface area contributed by atoms with E-state index >= 15 is 0 Å². The van der Waals surface area contributed by atoms with Crippen LogP contribution in [-0.4, -0.2) is 44.9 Å². The molecular formula is C12H11N5O5S. The minimum atomic E-state index is -0.715. The molecular weight excluding hydrogens is 326 g/mol. The number of hydrogen-bond donors (Lipinski definition) is 1. The van der Waals surface area contributed by atoms with Crippen molar-refractivity contribution in [2.75, 3.05) is 18.4 Å². The maximum Gasteiger partial charge on any atom is 0.433 e. The molecule has 2 aromatic rings. The number of carbonyl (C=O) groups is 2. The fourth-order valence-corrected chi connectivity index (χ4v) is 2.66. The van der Waals surface area contributed by atoms with Crippen molar-refractivity contribution >= 4 is 34.2 Å². The van der Waals surface area contributed by atoms with Crippen LogP contribution in [0.3, 0.4) is 0 Å². The first-order valence-electron chi connectivity index (χ1n) is 6.58. The minimum Gasteiger partial charge on any atom is -0.395 e. The van der Waals surface area contributed by atoms with E-state index in [2.05, 4.69) is 15.5 Å². The molecule has 0 aromatic carbocycles. The summed E-state index contributed by atoms with van der Waals surface area (Å²) < 4.78 is 4.85. The van der Waals surface area contributed by atoms with Crippen LogP contribution >= 0.6 is 11.3 Å². The molecule has 0 saturated carbocycles. The Kier molecular flexibility index (Phi) is 3.78. The predicted octanol–water partition coefficient (Wildman–Crippen LogP) is 1.06. The van der Waals surface area contributed by atoms with Gasteiger partial charge in [-0.2, -0.15) is 0 Å². The summed E-state index contributed by atoms with van der Waals surface area (Å²) in [5, 5.41) is 21.9. The van der Waals surface area contributed by atoms with Crippen molar-refractivity contribution in [3.05, 3.63) is 33.0 Å². The van der Waals surface area contributed by atoms with Crippen LogP contribution in [0.1, 0.15) is 15.6 Å². The summed E-state index contributed by atoms with van der Waals surface area (Å²) in [6.07, 6.45) is 0. The normalized spacial score (nSPS) is 14.4. The number of rotatable bonds is 4. The lowest BCUT2D eigenvalue weighted by molar-refractivity contribution is -0.402. The summed E-state index contributed by atoms with van der Waals surface area (Å²) >= 11 is 1.26. The fraction of sp³-hybridized carbons (Fsp3) is 0.333. The van der Waals surface area contributed by atoms with Crippen molar-refractivity contribution in [3.63, 3.8) is 0 Å². The van der Waals surface area contributed by atoms with E-state index in [1.54, 1.807) is 6.92 Å². The molecule has 0 unspecified atom stereocenters. The molecule has 0 spiro atoms. The SMILES string of the molecule is Cc1nnc(NC(=O)C2CN(C(=O)c3ccc([N+](=O)[O-])o3)C2)s1. The largest absolute Gasteiger partial charge is 0.433 e. The Bertz CT molecular complexity index is 778. The number of nitrogens with one attached hydrogen (secondary N) is 1. The Hall–Kier alpha value is -2.82. The van der Waals surface area contributed by atoms with Crippen LogP contribution in [0.4, 0.5) is 11.0 Å². The van der Waals surface area contributed by atoms with Crippen molar-refractivity contribution < 1.29 is 18.9 Å². The van der Waals surface area contributed by atoms with E-state index in [-0.39, 0.29) is 30.7 Å². The molecule has 120 valence electrons. The second-order valence-electron chi connectivity index (χ2n) is 4.92. The van der Waals surface area contributed by atoms with Gasteiger partial charge in [0.1, 0.15) is 9.93 Å². The van der Waals surface area contributed by atoms with E-state index in [4.69, 9.17) is 4.42 Å². The van der Waals surface area contributed by atoms with Gasteiger partial charge >= 0.3 is 5.88 Å². The van der Waals surface area contributed by atoms with Crippen LogP contribution in [0.15, 0.2) is 16.5 Å². The Morgan fingerprint density at radius 2 is 2.17 bits per heavy atom. The summed E-state index contributed by atoms with van der Waals surface area (Å²) in [6, 6.07) is 2.37. The molecule has 3 rings (SSSR count).